The maximum absolute atomic E-state index is 10.3. The van der Waals surface area contributed by atoms with Crippen molar-refractivity contribution in [2.75, 3.05) is 7.11 Å². The molecule has 5 heteroatoms. The van der Waals surface area contributed by atoms with Crippen molar-refractivity contribution >= 4 is 28.8 Å². The third-order valence-corrected chi connectivity index (χ3v) is 10.5. The zero-order chi connectivity index (χ0) is 42.6. The molecule has 0 bridgehead atoms. The van der Waals surface area contributed by atoms with Crippen LogP contribution in [0, 0.1) is 13.3 Å². The van der Waals surface area contributed by atoms with Crippen molar-refractivity contribution in [2.45, 2.75) is 27.7 Å². The van der Waals surface area contributed by atoms with Gasteiger partial charge < -0.3 is 12.2 Å². The van der Waals surface area contributed by atoms with Crippen LogP contribution in [0.4, 0.5) is 11.4 Å². The van der Waals surface area contributed by atoms with E-state index in [1.165, 1.54) is 7.11 Å². The summed E-state index contributed by atoms with van der Waals surface area (Å²) in [5.41, 5.74) is 16.9. The minimum atomic E-state index is -0.153. The van der Waals surface area contributed by atoms with Gasteiger partial charge in [-0.1, -0.05) is 196 Å². The molecule has 0 amide bonds. The summed E-state index contributed by atoms with van der Waals surface area (Å²) >= 11 is 0. The van der Waals surface area contributed by atoms with Crippen LogP contribution < -0.4 is 0 Å². The molecule has 0 aliphatic heterocycles. The number of benzene rings is 8. The Morgan fingerprint density at radius 3 is 0.810 bits per heavy atom. The minimum Gasteiger partial charge on any atom is -0.469 e. The maximum Gasteiger partial charge on any atom is 0.308 e. The molecule has 63 heavy (non-hydrogen) atoms. The van der Waals surface area contributed by atoms with Gasteiger partial charge in [-0.15, -0.1) is 0 Å². The molecular weight excluding hydrogens is 815 g/mol. The van der Waals surface area contributed by atoms with Crippen molar-refractivity contribution in [3.8, 4) is 66.8 Å². The van der Waals surface area contributed by atoms with Crippen LogP contribution in [0.3, 0.4) is 0 Å². The molecule has 0 saturated carbocycles. The summed E-state index contributed by atoms with van der Waals surface area (Å²) in [7, 11) is 1.39. The van der Waals surface area contributed by atoms with Crippen LogP contribution in [0.2, 0.25) is 0 Å². The predicted octanol–water partition coefficient (Wildman–Crippen LogP) is 15.8. The van der Waals surface area contributed by atoms with E-state index in [4.69, 9.17) is 9.98 Å². The van der Waals surface area contributed by atoms with Gasteiger partial charge in [-0.2, -0.15) is 0 Å². The van der Waals surface area contributed by atoms with Gasteiger partial charge in [0.05, 0.1) is 35.8 Å². The second-order valence-corrected chi connectivity index (χ2v) is 15.1. The fraction of sp³-hybridized carbons (Fsp3) is 0.103. The number of hydrogen-bond acceptors (Lipinski definition) is 4. The molecule has 0 spiro atoms. The standard InChI is InChI=1S/C52H40N2.C5H10O2.CH3.Ni/c1-37(53-51-47(41-25-13-5-14-26-41)33-45(39-21-9-3-10-22-39)34-48(51)42-27-15-6-16-28-42)38(2)54-52-49(43-29-17-7-18-30-43)35-46(40-23-11-4-12-24-40)36-50(52)44-31-19-8-20-32-44;1-4(2)5(6)7-3;;/h3-36H,1-2H3;4H,1-3H3;1H3;/q;;-1;. The minimum absolute atomic E-state index is 0. The maximum atomic E-state index is 10.3. The first-order chi connectivity index (χ1) is 29.8. The number of rotatable bonds is 10. The summed E-state index contributed by atoms with van der Waals surface area (Å²) in [4.78, 5) is 21.3. The van der Waals surface area contributed by atoms with Crippen molar-refractivity contribution in [1.29, 1.82) is 0 Å². The molecule has 0 saturated heterocycles. The third-order valence-electron chi connectivity index (χ3n) is 10.5. The van der Waals surface area contributed by atoms with Crippen LogP contribution in [-0.4, -0.2) is 24.5 Å². The van der Waals surface area contributed by atoms with Gasteiger partial charge in [-0.3, -0.25) is 14.8 Å². The van der Waals surface area contributed by atoms with Gasteiger partial charge in [-0.25, -0.2) is 0 Å². The Labute approximate surface area is 384 Å². The molecule has 0 heterocycles. The third kappa shape index (κ3) is 11.7. The Kier molecular flexibility index (Phi) is 17.0. The Morgan fingerprint density at radius 1 is 0.397 bits per heavy atom. The average molecular weight is 869 g/mol. The van der Waals surface area contributed by atoms with Gasteiger partial charge in [0.15, 0.2) is 0 Å². The molecule has 0 atom stereocenters. The van der Waals surface area contributed by atoms with Crippen LogP contribution in [0.15, 0.2) is 216 Å². The molecule has 0 radical (unpaired) electrons. The van der Waals surface area contributed by atoms with E-state index in [1.807, 2.05) is 0 Å². The van der Waals surface area contributed by atoms with Crippen molar-refractivity contribution in [2.24, 2.45) is 15.9 Å². The van der Waals surface area contributed by atoms with E-state index in [1.54, 1.807) is 13.8 Å². The Hall–Kier alpha value is -6.94. The van der Waals surface area contributed by atoms with E-state index in [9.17, 15) is 4.79 Å². The quantitative estimate of drug-likeness (QED) is 0.0595. The van der Waals surface area contributed by atoms with E-state index < -0.39 is 0 Å². The van der Waals surface area contributed by atoms with E-state index in [0.717, 1.165) is 89.6 Å². The molecule has 8 rings (SSSR count). The first kappa shape index (κ1) is 47.1. The number of nitrogens with zero attached hydrogens (tertiary/aromatic N) is 2. The van der Waals surface area contributed by atoms with Crippen LogP contribution in [0.5, 0.6) is 0 Å². The van der Waals surface area contributed by atoms with E-state index in [-0.39, 0.29) is 35.8 Å². The molecule has 0 aliphatic carbocycles. The van der Waals surface area contributed by atoms with Crippen molar-refractivity contribution in [3.05, 3.63) is 214 Å². The van der Waals surface area contributed by atoms with E-state index in [0.29, 0.717) is 0 Å². The summed E-state index contributed by atoms with van der Waals surface area (Å²) in [5.74, 6) is -0.148. The van der Waals surface area contributed by atoms with Crippen molar-refractivity contribution in [1.82, 2.24) is 0 Å². The van der Waals surface area contributed by atoms with Crippen molar-refractivity contribution < 1.29 is 26.0 Å². The predicted molar refractivity (Wildman–Crippen MR) is 264 cm³/mol. The van der Waals surface area contributed by atoms with Gasteiger partial charge in [0.2, 0.25) is 0 Å². The van der Waals surface area contributed by atoms with E-state index >= 15 is 0 Å². The van der Waals surface area contributed by atoms with Crippen LogP contribution in [0.25, 0.3) is 66.8 Å². The average Bonchev–Trinajstić information content (AvgIpc) is 3.33. The summed E-state index contributed by atoms with van der Waals surface area (Å²) in [6.45, 7) is 7.75. The molecule has 0 aliphatic rings. The number of ether oxygens (including phenoxy) is 1. The largest absolute Gasteiger partial charge is 0.469 e. The summed E-state index contributed by atoms with van der Waals surface area (Å²) in [6.07, 6.45) is 0. The molecule has 0 N–H and O–H groups in total. The molecule has 318 valence electrons. The van der Waals surface area contributed by atoms with Gasteiger partial charge in [0.1, 0.15) is 0 Å². The van der Waals surface area contributed by atoms with Crippen molar-refractivity contribution in [3.63, 3.8) is 0 Å². The zero-order valence-corrected chi connectivity index (χ0v) is 37.7. The number of aliphatic imine (C=N–C) groups is 2. The first-order valence-corrected chi connectivity index (χ1v) is 20.7. The normalized spacial score (nSPS) is 11.1. The number of esters is 1. The van der Waals surface area contributed by atoms with Crippen LogP contribution >= 0.6 is 0 Å². The molecule has 0 aromatic heterocycles. The molecule has 8 aromatic rings. The Balaban J connectivity index is 0.000000769. The number of carbonyl (C=O) groups excluding carboxylic acids is 1. The number of carbonyl (C=O) groups is 1. The molecule has 8 aromatic carbocycles. The van der Waals surface area contributed by atoms with Gasteiger partial charge in [0.25, 0.3) is 0 Å². The number of hydrogen-bond donors (Lipinski definition) is 0. The van der Waals surface area contributed by atoms with Gasteiger partial charge in [0, 0.05) is 38.7 Å². The molecule has 0 unspecified atom stereocenters. The Morgan fingerprint density at radius 2 is 0.619 bits per heavy atom. The first-order valence-electron chi connectivity index (χ1n) is 20.7. The van der Waals surface area contributed by atoms with Crippen LogP contribution in [0.1, 0.15) is 27.7 Å². The Bertz CT molecular complexity index is 2450. The monoisotopic (exact) mass is 867 g/mol. The fourth-order valence-electron chi connectivity index (χ4n) is 7.19. The van der Waals surface area contributed by atoms with Gasteiger partial charge >= 0.3 is 5.97 Å². The smallest absolute Gasteiger partial charge is 0.308 e. The summed E-state index contributed by atoms with van der Waals surface area (Å²) < 4.78 is 4.37. The SMILES string of the molecule is CC(=Nc1c(-c2ccccc2)cc(-c2ccccc2)cc1-c1ccccc1)C(C)=Nc1c(-c2ccccc2)cc(-c2ccccc2)cc1-c1ccccc1.COC(=O)C(C)C.[CH3-].[Ni]. The van der Waals surface area contributed by atoms with Crippen LogP contribution in [-0.2, 0) is 26.0 Å². The molecule has 4 nitrogen and oxygen atoms in total. The topological polar surface area (TPSA) is 51.0 Å². The number of methoxy groups -OCH3 is 1. The van der Waals surface area contributed by atoms with Gasteiger partial charge in [-0.05, 0) is 82.6 Å². The second kappa shape index (κ2) is 22.8. The van der Waals surface area contributed by atoms with E-state index in [2.05, 4.69) is 225 Å². The fourth-order valence-corrected chi connectivity index (χ4v) is 7.19. The molecular formula is C58H53N2NiO2-. The second-order valence-electron chi connectivity index (χ2n) is 15.1. The zero-order valence-electron chi connectivity index (χ0n) is 36.7. The molecule has 0 fully saturated rings. The summed E-state index contributed by atoms with van der Waals surface area (Å²) in [6, 6.07) is 72.6. The summed E-state index contributed by atoms with van der Waals surface area (Å²) in [5, 5.41) is 0.